The Morgan fingerprint density at radius 3 is 1.88 bits per heavy atom. The fourth-order valence-corrected chi connectivity index (χ4v) is 3.62. The zero-order valence-corrected chi connectivity index (χ0v) is 21.8. The van der Waals surface area contributed by atoms with Gasteiger partial charge in [0.15, 0.2) is 0 Å². The highest BCUT2D eigenvalue weighted by Gasteiger charge is 2.40. The molecule has 0 aromatic heterocycles. The molecule has 1 rings (SSSR count). The minimum atomic E-state index is -0.761. The van der Waals surface area contributed by atoms with Crippen molar-refractivity contribution in [1.82, 2.24) is 9.80 Å². The van der Waals surface area contributed by atoms with Crippen molar-refractivity contribution in [1.29, 1.82) is 0 Å². The van der Waals surface area contributed by atoms with E-state index in [2.05, 4.69) is 0 Å². The van der Waals surface area contributed by atoms with Gasteiger partial charge in [-0.1, -0.05) is 70.9 Å². The molecule has 0 heterocycles. The molecule has 4 atom stereocenters. The molecular formula is C26H42N2O5. The average molecular weight is 463 g/mol. The van der Waals surface area contributed by atoms with Gasteiger partial charge in [-0.3, -0.25) is 9.69 Å². The first kappa shape index (κ1) is 28.5. The Kier molecular flexibility index (Phi) is 10.9. The van der Waals surface area contributed by atoms with Crippen molar-refractivity contribution in [3.8, 4) is 0 Å². The van der Waals surface area contributed by atoms with Gasteiger partial charge in [-0.05, 0) is 38.2 Å². The van der Waals surface area contributed by atoms with Crippen molar-refractivity contribution in [2.24, 2.45) is 11.8 Å². The van der Waals surface area contributed by atoms with E-state index in [0.29, 0.717) is 12.8 Å². The van der Waals surface area contributed by atoms with E-state index in [1.165, 1.54) is 9.80 Å². The van der Waals surface area contributed by atoms with E-state index < -0.39 is 29.7 Å². The molecule has 0 aliphatic rings. The Labute approximate surface area is 199 Å². The van der Waals surface area contributed by atoms with E-state index in [0.717, 1.165) is 5.56 Å². The van der Waals surface area contributed by atoms with Gasteiger partial charge in [-0.25, -0.2) is 9.59 Å². The van der Waals surface area contributed by atoms with Gasteiger partial charge in [0.05, 0.1) is 0 Å². The molecule has 0 saturated heterocycles. The lowest BCUT2D eigenvalue weighted by molar-refractivity contribution is -0.159. The van der Waals surface area contributed by atoms with Gasteiger partial charge in [0.2, 0.25) is 5.91 Å². The van der Waals surface area contributed by atoms with E-state index in [4.69, 9.17) is 9.47 Å². The maximum Gasteiger partial charge on any atom is 0.410 e. The summed E-state index contributed by atoms with van der Waals surface area (Å²) in [7, 11) is 3.18. The first-order valence-corrected chi connectivity index (χ1v) is 11.8. The summed E-state index contributed by atoms with van der Waals surface area (Å²) in [6.45, 7) is 13.3. The molecule has 1 aromatic rings. The van der Waals surface area contributed by atoms with Crippen LogP contribution in [0.3, 0.4) is 0 Å². The monoisotopic (exact) mass is 462 g/mol. The topological polar surface area (TPSA) is 76.2 Å². The fraction of sp³-hybridized carbons (Fsp3) is 0.654. The second-order valence-corrected chi connectivity index (χ2v) is 9.79. The number of hydrogen-bond acceptors (Lipinski definition) is 5. The molecule has 33 heavy (non-hydrogen) atoms. The normalized spacial score (nSPS) is 15.1. The van der Waals surface area contributed by atoms with Crippen LogP contribution < -0.4 is 0 Å². The van der Waals surface area contributed by atoms with Crippen LogP contribution in [0.1, 0.15) is 66.9 Å². The third-order valence-corrected chi connectivity index (χ3v) is 5.95. The summed E-state index contributed by atoms with van der Waals surface area (Å²) in [6.07, 6.45) is 0.809. The summed E-state index contributed by atoms with van der Waals surface area (Å²) in [4.78, 5) is 42.3. The molecule has 0 N–H and O–H groups in total. The Balaban J connectivity index is 3.13. The minimum Gasteiger partial charge on any atom is -0.459 e. The van der Waals surface area contributed by atoms with Crippen LogP contribution in [0.4, 0.5) is 4.79 Å². The number of esters is 1. The molecule has 0 bridgehead atoms. The van der Waals surface area contributed by atoms with Crippen molar-refractivity contribution >= 4 is 18.0 Å². The summed E-state index contributed by atoms with van der Waals surface area (Å²) in [5.41, 5.74) is 0.200. The SMILES string of the molecule is CC[C@H](C)[C@@H](C(=O)N(C)[C@H](C(=O)OCc1ccccc1)[C@@H](C)CC)N(C)C(=O)OC(C)(C)C. The Hall–Kier alpha value is -2.57. The Bertz CT molecular complexity index is 775. The van der Waals surface area contributed by atoms with Gasteiger partial charge in [0.1, 0.15) is 24.3 Å². The summed E-state index contributed by atoms with van der Waals surface area (Å²) in [6, 6.07) is 7.91. The zero-order chi connectivity index (χ0) is 25.3. The fourth-order valence-electron chi connectivity index (χ4n) is 3.62. The molecule has 0 aliphatic heterocycles. The lowest BCUT2D eigenvalue weighted by Gasteiger charge is -2.38. The summed E-state index contributed by atoms with van der Waals surface area (Å²) < 4.78 is 11.1. The molecular weight excluding hydrogens is 420 g/mol. The number of rotatable bonds is 10. The van der Waals surface area contributed by atoms with E-state index in [1.807, 2.05) is 58.0 Å². The van der Waals surface area contributed by atoms with Crippen LogP contribution in [-0.2, 0) is 25.7 Å². The number of carbonyl (C=O) groups excluding carboxylic acids is 3. The van der Waals surface area contributed by atoms with Gasteiger partial charge in [-0.2, -0.15) is 0 Å². The highest BCUT2D eigenvalue weighted by atomic mass is 16.6. The first-order valence-electron chi connectivity index (χ1n) is 11.8. The predicted molar refractivity (Wildman–Crippen MR) is 129 cm³/mol. The van der Waals surface area contributed by atoms with Gasteiger partial charge in [-0.15, -0.1) is 0 Å². The van der Waals surface area contributed by atoms with E-state index in [-0.39, 0.29) is 24.3 Å². The van der Waals surface area contributed by atoms with Crippen molar-refractivity contribution in [2.45, 2.75) is 85.6 Å². The first-order chi connectivity index (χ1) is 15.3. The molecule has 0 saturated carbocycles. The van der Waals surface area contributed by atoms with Crippen molar-refractivity contribution < 1.29 is 23.9 Å². The number of hydrogen-bond donors (Lipinski definition) is 0. The molecule has 186 valence electrons. The lowest BCUT2D eigenvalue weighted by atomic mass is 9.93. The second kappa shape index (κ2) is 12.6. The Morgan fingerprint density at radius 1 is 0.879 bits per heavy atom. The minimum absolute atomic E-state index is 0.119. The molecule has 2 amide bonds. The number of ether oxygens (including phenoxy) is 2. The van der Waals surface area contributed by atoms with Crippen LogP contribution >= 0.6 is 0 Å². The van der Waals surface area contributed by atoms with Crippen molar-refractivity contribution in [2.75, 3.05) is 14.1 Å². The zero-order valence-electron chi connectivity index (χ0n) is 21.8. The van der Waals surface area contributed by atoms with Crippen molar-refractivity contribution in [3.05, 3.63) is 35.9 Å². The van der Waals surface area contributed by atoms with Gasteiger partial charge < -0.3 is 14.4 Å². The molecule has 0 spiro atoms. The van der Waals surface area contributed by atoms with E-state index >= 15 is 0 Å². The van der Waals surface area contributed by atoms with Crippen LogP contribution in [-0.4, -0.2) is 59.5 Å². The highest BCUT2D eigenvalue weighted by molar-refractivity contribution is 5.90. The third kappa shape index (κ3) is 8.37. The number of carbonyl (C=O) groups is 3. The van der Waals surface area contributed by atoms with Gasteiger partial charge in [0.25, 0.3) is 0 Å². The van der Waals surface area contributed by atoms with Gasteiger partial charge in [0, 0.05) is 14.1 Å². The summed E-state index contributed by atoms with van der Waals surface area (Å²) in [5, 5.41) is 0. The lowest BCUT2D eigenvalue weighted by Crippen LogP contribution is -2.57. The van der Waals surface area contributed by atoms with Crippen LogP contribution in [0.15, 0.2) is 30.3 Å². The van der Waals surface area contributed by atoms with Crippen LogP contribution in [0.25, 0.3) is 0 Å². The molecule has 7 heteroatoms. The number of amides is 2. The maximum absolute atomic E-state index is 13.7. The van der Waals surface area contributed by atoms with E-state index in [1.54, 1.807) is 34.9 Å². The average Bonchev–Trinajstić information content (AvgIpc) is 2.76. The number of nitrogens with zero attached hydrogens (tertiary/aromatic N) is 2. The predicted octanol–water partition coefficient (Wildman–Crippen LogP) is 4.88. The molecule has 0 fully saturated rings. The number of benzene rings is 1. The van der Waals surface area contributed by atoms with Crippen LogP contribution in [0, 0.1) is 11.8 Å². The number of likely N-dealkylation sites (N-methyl/N-ethyl adjacent to an activating group) is 2. The standard InChI is InChI=1S/C26H42N2O5/c1-10-18(3)21(28(9)25(31)33-26(5,6)7)23(29)27(8)22(19(4)11-2)24(30)32-17-20-15-13-12-14-16-20/h12-16,18-19,21-22H,10-11,17H2,1-9H3/t18-,19-,21-,22-/m0/s1. The Morgan fingerprint density at radius 2 is 1.39 bits per heavy atom. The quantitative estimate of drug-likeness (QED) is 0.463. The van der Waals surface area contributed by atoms with Crippen LogP contribution in [0.5, 0.6) is 0 Å². The van der Waals surface area contributed by atoms with Crippen LogP contribution in [0.2, 0.25) is 0 Å². The molecule has 0 radical (unpaired) electrons. The molecule has 1 aromatic carbocycles. The molecule has 7 nitrogen and oxygen atoms in total. The van der Waals surface area contributed by atoms with Crippen molar-refractivity contribution in [3.63, 3.8) is 0 Å². The highest BCUT2D eigenvalue weighted by Crippen LogP contribution is 2.23. The summed E-state index contributed by atoms with van der Waals surface area (Å²) >= 11 is 0. The third-order valence-electron chi connectivity index (χ3n) is 5.95. The molecule has 0 unspecified atom stereocenters. The molecule has 0 aliphatic carbocycles. The maximum atomic E-state index is 13.7. The second-order valence-electron chi connectivity index (χ2n) is 9.79. The largest absolute Gasteiger partial charge is 0.459 e. The summed E-state index contributed by atoms with van der Waals surface area (Å²) in [5.74, 6) is -1.01. The van der Waals surface area contributed by atoms with E-state index in [9.17, 15) is 14.4 Å². The van der Waals surface area contributed by atoms with Gasteiger partial charge >= 0.3 is 12.1 Å². The smallest absolute Gasteiger partial charge is 0.410 e.